The lowest BCUT2D eigenvalue weighted by molar-refractivity contribution is 0.262. The Hall–Kier alpha value is -3.19. The quantitative estimate of drug-likeness (QED) is 0.286. The van der Waals surface area contributed by atoms with Crippen molar-refractivity contribution in [3.05, 3.63) is 63.6 Å². The molecule has 3 heterocycles. The average Bonchev–Trinajstić information content (AvgIpc) is 3.44. The molecule has 0 bridgehead atoms. The highest BCUT2D eigenvalue weighted by atomic mass is 35.5. The highest BCUT2D eigenvalue weighted by molar-refractivity contribution is 7.17. The number of carbonyl (C=O) groups excluding carboxylic acids is 1. The van der Waals surface area contributed by atoms with Crippen molar-refractivity contribution in [2.45, 2.75) is 20.3 Å². The highest BCUT2D eigenvalue weighted by Crippen LogP contribution is 2.30. The van der Waals surface area contributed by atoms with E-state index in [-0.39, 0.29) is 6.03 Å². The summed E-state index contributed by atoms with van der Waals surface area (Å²) in [4.78, 5) is 21.7. The van der Waals surface area contributed by atoms with Gasteiger partial charge in [-0.25, -0.2) is 9.78 Å². The first-order valence-corrected chi connectivity index (χ1v) is 12.0. The molecular formula is C22H21ClN6OS2. The number of rotatable bonds is 6. The molecular weight excluding hydrogens is 464 g/mol. The van der Waals surface area contributed by atoms with E-state index in [1.165, 1.54) is 11.3 Å². The van der Waals surface area contributed by atoms with Gasteiger partial charge in [-0.05, 0) is 29.6 Å². The van der Waals surface area contributed by atoms with Crippen LogP contribution in [-0.2, 0) is 6.42 Å². The normalized spacial score (nSPS) is 10.1. The van der Waals surface area contributed by atoms with Crippen molar-refractivity contribution in [1.29, 1.82) is 5.26 Å². The summed E-state index contributed by atoms with van der Waals surface area (Å²) in [6, 6.07) is 10.7. The minimum absolute atomic E-state index is 0.383. The summed E-state index contributed by atoms with van der Waals surface area (Å²) in [6.07, 6.45) is 4.03. The number of fused-ring (bicyclic) bond motifs is 1. The second kappa shape index (κ2) is 11.4. The molecule has 0 unspecified atom stereocenters. The van der Waals surface area contributed by atoms with E-state index < -0.39 is 0 Å². The predicted octanol–water partition coefficient (Wildman–Crippen LogP) is 6.60. The number of nitrogens with one attached hydrogen (secondary N) is 3. The third kappa shape index (κ3) is 5.95. The number of nitriles is 1. The highest BCUT2D eigenvalue weighted by Gasteiger charge is 2.11. The summed E-state index contributed by atoms with van der Waals surface area (Å²) in [5.74, 6) is 0. The zero-order valence-corrected chi connectivity index (χ0v) is 19.9. The largest absolute Gasteiger partial charge is 0.382 e. The molecule has 0 atom stereocenters. The molecule has 1 aromatic carbocycles. The van der Waals surface area contributed by atoms with Gasteiger partial charge in [0.05, 0.1) is 21.5 Å². The number of hydrogen-bond acceptors (Lipinski definition) is 7. The number of hydrogen-bond donors (Lipinski definition) is 3. The molecule has 164 valence electrons. The van der Waals surface area contributed by atoms with E-state index in [2.05, 4.69) is 32.0 Å². The molecule has 10 heteroatoms. The number of amides is 2. The van der Waals surface area contributed by atoms with Crippen LogP contribution in [0.25, 0.3) is 10.2 Å². The number of thiophene rings is 1. The Morgan fingerprint density at radius 3 is 2.81 bits per heavy atom. The number of pyridine rings is 1. The van der Waals surface area contributed by atoms with E-state index in [1.54, 1.807) is 48.0 Å². The standard InChI is InChI=1S/C20H15ClN6OS2.C2H6/c21-13-2-1-3-14(8-13)26-19(28)27-20-25-11-15(30-20)4-6-23-17-12(9-22)10-24-16-5-7-29-18(16)17;1-2/h1-3,5,7-8,10-11H,4,6H2,(H,23,24)(H2,25,26,27,28);1-2H3. The molecule has 7 nitrogen and oxygen atoms in total. The number of thiazole rings is 1. The van der Waals surface area contributed by atoms with Crippen LogP contribution in [0.5, 0.6) is 0 Å². The first-order chi connectivity index (χ1) is 15.6. The molecule has 0 saturated carbocycles. The van der Waals surface area contributed by atoms with Crippen molar-refractivity contribution in [2.75, 3.05) is 22.5 Å². The molecule has 0 aliphatic carbocycles. The van der Waals surface area contributed by atoms with E-state index in [0.717, 1.165) is 20.8 Å². The van der Waals surface area contributed by atoms with E-state index in [9.17, 15) is 10.1 Å². The van der Waals surface area contributed by atoms with Gasteiger partial charge in [0.25, 0.3) is 0 Å². The van der Waals surface area contributed by atoms with Crippen LogP contribution in [0.2, 0.25) is 5.02 Å². The van der Waals surface area contributed by atoms with Crippen molar-refractivity contribution < 1.29 is 4.79 Å². The first-order valence-electron chi connectivity index (χ1n) is 9.91. The molecule has 3 aromatic heterocycles. The van der Waals surface area contributed by atoms with Crippen LogP contribution in [0.1, 0.15) is 24.3 Å². The topological polar surface area (TPSA) is 103 Å². The van der Waals surface area contributed by atoms with Gasteiger partial charge < -0.3 is 10.6 Å². The van der Waals surface area contributed by atoms with Gasteiger partial charge in [0.2, 0.25) is 0 Å². The van der Waals surface area contributed by atoms with Crippen molar-refractivity contribution in [2.24, 2.45) is 0 Å². The van der Waals surface area contributed by atoms with Crippen LogP contribution in [0.4, 0.5) is 21.3 Å². The molecule has 0 saturated heterocycles. The van der Waals surface area contributed by atoms with Crippen LogP contribution in [0.3, 0.4) is 0 Å². The Morgan fingerprint density at radius 1 is 1.19 bits per heavy atom. The zero-order valence-electron chi connectivity index (χ0n) is 17.5. The number of aromatic nitrogens is 2. The zero-order chi connectivity index (χ0) is 22.9. The van der Waals surface area contributed by atoms with E-state index in [1.807, 2.05) is 25.3 Å². The minimum Gasteiger partial charge on any atom is -0.382 e. The fourth-order valence-corrected chi connectivity index (χ4v) is 4.66. The summed E-state index contributed by atoms with van der Waals surface area (Å²) in [7, 11) is 0. The lowest BCUT2D eigenvalue weighted by Crippen LogP contribution is -2.19. The average molecular weight is 485 g/mol. The van der Waals surface area contributed by atoms with Gasteiger partial charge in [-0.15, -0.1) is 22.7 Å². The minimum atomic E-state index is -0.383. The molecule has 2 amide bonds. The first kappa shape index (κ1) is 23.5. The fourth-order valence-electron chi connectivity index (χ4n) is 2.79. The number of anilines is 3. The maximum Gasteiger partial charge on any atom is 0.325 e. The number of urea groups is 1. The van der Waals surface area contributed by atoms with Crippen LogP contribution in [-0.4, -0.2) is 22.5 Å². The van der Waals surface area contributed by atoms with Gasteiger partial charge in [0.15, 0.2) is 5.13 Å². The molecule has 0 fully saturated rings. The third-order valence-electron chi connectivity index (χ3n) is 4.12. The Bertz CT molecular complexity index is 1250. The maximum absolute atomic E-state index is 12.1. The molecule has 0 aliphatic rings. The summed E-state index contributed by atoms with van der Waals surface area (Å²) >= 11 is 8.88. The van der Waals surface area contributed by atoms with Crippen LogP contribution in [0.15, 0.2) is 48.1 Å². The maximum atomic E-state index is 12.1. The van der Waals surface area contributed by atoms with Crippen molar-refractivity contribution in [1.82, 2.24) is 9.97 Å². The van der Waals surface area contributed by atoms with Crippen molar-refractivity contribution in [3.8, 4) is 6.07 Å². The lowest BCUT2D eigenvalue weighted by atomic mass is 10.2. The van der Waals surface area contributed by atoms with E-state index in [0.29, 0.717) is 34.4 Å². The fraction of sp³-hybridized carbons (Fsp3) is 0.182. The SMILES string of the molecule is CC.N#Cc1cnc2ccsc2c1NCCc1cnc(NC(=O)Nc2cccc(Cl)c2)s1. The number of benzene rings is 1. The number of carbonyl (C=O) groups is 1. The monoisotopic (exact) mass is 484 g/mol. The van der Waals surface area contributed by atoms with Gasteiger partial charge in [-0.1, -0.05) is 31.5 Å². The molecule has 0 radical (unpaired) electrons. The molecule has 0 spiro atoms. The van der Waals surface area contributed by atoms with Crippen molar-refractivity contribution >= 4 is 67.0 Å². The predicted molar refractivity (Wildman–Crippen MR) is 134 cm³/mol. The van der Waals surface area contributed by atoms with E-state index >= 15 is 0 Å². The van der Waals surface area contributed by atoms with Gasteiger partial charge in [0, 0.05) is 40.9 Å². The molecule has 4 rings (SSSR count). The Labute approximate surface area is 199 Å². The molecule has 0 aliphatic heterocycles. The van der Waals surface area contributed by atoms with Crippen molar-refractivity contribution in [3.63, 3.8) is 0 Å². The van der Waals surface area contributed by atoms with Gasteiger partial charge in [-0.3, -0.25) is 10.3 Å². The summed E-state index contributed by atoms with van der Waals surface area (Å²) < 4.78 is 0.971. The second-order valence-electron chi connectivity index (χ2n) is 6.19. The Kier molecular flexibility index (Phi) is 8.39. The second-order valence-corrected chi connectivity index (χ2v) is 8.66. The van der Waals surface area contributed by atoms with Crippen LogP contribution >= 0.6 is 34.3 Å². The Morgan fingerprint density at radius 2 is 2.03 bits per heavy atom. The molecule has 4 aromatic rings. The summed E-state index contributed by atoms with van der Waals surface area (Å²) in [5.41, 5.74) is 2.80. The van der Waals surface area contributed by atoms with Gasteiger partial charge >= 0.3 is 6.03 Å². The Balaban J connectivity index is 0.00000141. The van der Waals surface area contributed by atoms with Gasteiger partial charge in [-0.2, -0.15) is 5.26 Å². The number of halogens is 1. The molecule has 32 heavy (non-hydrogen) atoms. The summed E-state index contributed by atoms with van der Waals surface area (Å²) in [6.45, 7) is 4.63. The van der Waals surface area contributed by atoms with Gasteiger partial charge in [0.1, 0.15) is 6.07 Å². The summed E-state index contributed by atoms with van der Waals surface area (Å²) in [5, 5.41) is 21.1. The van der Waals surface area contributed by atoms with E-state index in [4.69, 9.17) is 11.6 Å². The smallest absolute Gasteiger partial charge is 0.325 e. The third-order valence-corrected chi connectivity index (χ3v) is 6.25. The van der Waals surface area contributed by atoms with Crippen LogP contribution < -0.4 is 16.0 Å². The van der Waals surface area contributed by atoms with Crippen LogP contribution in [0, 0.1) is 11.3 Å². The lowest BCUT2D eigenvalue weighted by Gasteiger charge is -2.08. The number of nitrogens with zero attached hydrogens (tertiary/aromatic N) is 3. The molecule has 3 N–H and O–H groups in total.